The summed E-state index contributed by atoms with van der Waals surface area (Å²) in [5.41, 5.74) is 0.944. The molecule has 0 bridgehead atoms. The van der Waals surface area contributed by atoms with Gasteiger partial charge in [0.2, 0.25) is 5.91 Å². The fourth-order valence-corrected chi connectivity index (χ4v) is 3.09. The molecule has 3 heterocycles. The molecule has 1 aliphatic heterocycles. The van der Waals surface area contributed by atoms with Gasteiger partial charge < -0.3 is 10.2 Å². The van der Waals surface area contributed by atoms with E-state index >= 15 is 0 Å². The number of hydrogen-bond acceptors (Lipinski definition) is 5. The van der Waals surface area contributed by atoms with Gasteiger partial charge in [-0.15, -0.1) is 11.3 Å². The summed E-state index contributed by atoms with van der Waals surface area (Å²) >= 11 is 1.53. The Bertz CT molecular complexity index is 599. The third-order valence-corrected chi connectivity index (χ3v) is 4.13. The van der Waals surface area contributed by atoms with Crippen LogP contribution < -0.4 is 5.32 Å². The highest BCUT2D eigenvalue weighted by Gasteiger charge is 2.28. The number of hydrogen-bond donors (Lipinski definition) is 1. The summed E-state index contributed by atoms with van der Waals surface area (Å²) in [6, 6.07) is 5.97. The maximum Gasteiger partial charge on any atom is 0.220 e. The summed E-state index contributed by atoms with van der Waals surface area (Å²) in [7, 11) is 0. The Hall–Kier alpha value is -1.95. The minimum absolute atomic E-state index is 0.102. The predicted octanol–water partition coefficient (Wildman–Crippen LogP) is 2.97. The second kappa shape index (κ2) is 5.58. The first kappa shape index (κ1) is 13.1. The Morgan fingerprint density at radius 2 is 2.40 bits per heavy atom. The van der Waals surface area contributed by atoms with Crippen LogP contribution in [0.15, 0.2) is 29.8 Å². The number of nitrogens with one attached hydrogen (secondary N) is 1. The zero-order valence-corrected chi connectivity index (χ0v) is 12.1. The lowest BCUT2D eigenvalue weighted by atomic mass is 10.1. The molecule has 20 heavy (non-hydrogen) atoms. The smallest absolute Gasteiger partial charge is 0.220 e. The topological polar surface area (TPSA) is 58.1 Å². The van der Waals surface area contributed by atoms with Crippen molar-refractivity contribution in [3.05, 3.63) is 35.5 Å². The molecule has 1 N–H and O–H groups in total. The van der Waals surface area contributed by atoms with Crippen molar-refractivity contribution < 1.29 is 4.79 Å². The molecule has 6 heteroatoms. The molecule has 0 aromatic carbocycles. The molecular formula is C14H16N4OS. The van der Waals surface area contributed by atoms with Gasteiger partial charge >= 0.3 is 0 Å². The van der Waals surface area contributed by atoms with E-state index in [4.69, 9.17) is 0 Å². The van der Waals surface area contributed by atoms with Crippen LogP contribution >= 0.6 is 11.3 Å². The zero-order valence-electron chi connectivity index (χ0n) is 11.2. The average molecular weight is 288 g/mol. The Kier molecular flexibility index (Phi) is 3.64. The quantitative estimate of drug-likeness (QED) is 0.943. The SMILES string of the molecule is CC(=O)N1CCCC1c1cccc(Nc2nccs2)n1. The van der Waals surface area contributed by atoms with Crippen LogP contribution in [0.1, 0.15) is 31.5 Å². The standard InChI is InChI=1S/C14H16N4OS/c1-10(19)18-8-3-5-12(18)11-4-2-6-13(16-11)17-14-15-7-9-20-14/h2,4,6-7,9,12H,3,5,8H2,1H3,(H,15,16,17). The van der Waals surface area contributed by atoms with E-state index in [0.29, 0.717) is 0 Å². The third kappa shape index (κ3) is 2.65. The van der Waals surface area contributed by atoms with Gasteiger partial charge in [-0.1, -0.05) is 6.07 Å². The van der Waals surface area contributed by atoms with Crippen molar-refractivity contribution in [2.75, 3.05) is 11.9 Å². The lowest BCUT2D eigenvalue weighted by Gasteiger charge is -2.23. The van der Waals surface area contributed by atoms with Crippen molar-refractivity contribution in [3.8, 4) is 0 Å². The van der Waals surface area contributed by atoms with Gasteiger partial charge in [-0.3, -0.25) is 4.79 Å². The normalized spacial score (nSPS) is 18.2. The number of anilines is 2. The summed E-state index contributed by atoms with van der Waals surface area (Å²) in [6.07, 6.45) is 3.77. The Morgan fingerprint density at radius 1 is 1.50 bits per heavy atom. The van der Waals surface area contributed by atoms with Crippen molar-refractivity contribution in [1.29, 1.82) is 0 Å². The molecule has 0 saturated carbocycles. The van der Waals surface area contributed by atoms with E-state index in [0.717, 1.165) is 36.0 Å². The van der Waals surface area contributed by atoms with E-state index in [1.165, 1.54) is 11.3 Å². The first-order chi connectivity index (χ1) is 9.74. The van der Waals surface area contributed by atoms with Crippen molar-refractivity contribution in [1.82, 2.24) is 14.9 Å². The van der Waals surface area contributed by atoms with Crippen LogP contribution in [0.5, 0.6) is 0 Å². The molecule has 0 aliphatic carbocycles. The number of rotatable bonds is 3. The van der Waals surface area contributed by atoms with Gasteiger partial charge in [0, 0.05) is 25.0 Å². The van der Waals surface area contributed by atoms with Gasteiger partial charge in [0.15, 0.2) is 5.13 Å². The summed E-state index contributed by atoms with van der Waals surface area (Å²) < 4.78 is 0. The highest BCUT2D eigenvalue weighted by atomic mass is 32.1. The molecule has 2 aromatic heterocycles. The van der Waals surface area contributed by atoms with E-state index in [1.807, 2.05) is 28.5 Å². The van der Waals surface area contributed by atoms with Crippen molar-refractivity contribution in [2.24, 2.45) is 0 Å². The van der Waals surface area contributed by atoms with Gasteiger partial charge in [-0.25, -0.2) is 9.97 Å². The van der Waals surface area contributed by atoms with E-state index < -0.39 is 0 Å². The number of amides is 1. The van der Waals surface area contributed by atoms with Crippen molar-refractivity contribution in [2.45, 2.75) is 25.8 Å². The van der Waals surface area contributed by atoms with Gasteiger partial charge in [-0.2, -0.15) is 0 Å². The maximum atomic E-state index is 11.6. The zero-order chi connectivity index (χ0) is 13.9. The number of carbonyl (C=O) groups excluding carboxylic acids is 1. The van der Waals surface area contributed by atoms with Gasteiger partial charge in [-0.05, 0) is 25.0 Å². The highest BCUT2D eigenvalue weighted by Crippen LogP contribution is 2.31. The van der Waals surface area contributed by atoms with Gasteiger partial charge in [0.1, 0.15) is 5.82 Å². The average Bonchev–Trinajstić information content (AvgIpc) is 3.09. The lowest BCUT2D eigenvalue weighted by Crippen LogP contribution is -2.28. The molecule has 0 spiro atoms. The Balaban J connectivity index is 1.82. The predicted molar refractivity (Wildman–Crippen MR) is 79.0 cm³/mol. The molecule has 1 fully saturated rings. The Morgan fingerprint density at radius 3 is 3.15 bits per heavy atom. The first-order valence-electron chi connectivity index (χ1n) is 6.65. The number of aromatic nitrogens is 2. The first-order valence-corrected chi connectivity index (χ1v) is 7.52. The molecule has 1 saturated heterocycles. The fourth-order valence-electron chi connectivity index (χ4n) is 2.55. The van der Waals surface area contributed by atoms with E-state index in [1.54, 1.807) is 13.1 Å². The van der Waals surface area contributed by atoms with Gasteiger partial charge in [0.05, 0.1) is 11.7 Å². The second-order valence-electron chi connectivity index (χ2n) is 4.78. The number of likely N-dealkylation sites (tertiary alicyclic amines) is 1. The number of nitrogens with zero attached hydrogens (tertiary/aromatic N) is 3. The number of pyridine rings is 1. The minimum Gasteiger partial charge on any atom is -0.334 e. The molecule has 104 valence electrons. The van der Waals surface area contributed by atoms with E-state index in [2.05, 4.69) is 15.3 Å². The summed E-state index contributed by atoms with van der Waals surface area (Å²) in [5.74, 6) is 0.889. The van der Waals surface area contributed by atoms with Crippen LogP contribution in [0.2, 0.25) is 0 Å². The highest BCUT2D eigenvalue weighted by molar-refractivity contribution is 7.13. The fraction of sp³-hybridized carbons (Fsp3) is 0.357. The summed E-state index contributed by atoms with van der Waals surface area (Å²) in [4.78, 5) is 22.4. The summed E-state index contributed by atoms with van der Waals surface area (Å²) in [5, 5.41) is 5.93. The van der Waals surface area contributed by atoms with Crippen molar-refractivity contribution in [3.63, 3.8) is 0 Å². The lowest BCUT2D eigenvalue weighted by molar-refractivity contribution is -0.129. The molecule has 1 amide bonds. The van der Waals surface area contributed by atoms with Crippen LogP contribution in [0.3, 0.4) is 0 Å². The van der Waals surface area contributed by atoms with Crippen LogP contribution in [0, 0.1) is 0 Å². The molecule has 3 rings (SSSR count). The number of carbonyl (C=O) groups is 1. The molecule has 2 aromatic rings. The molecule has 1 atom stereocenters. The third-order valence-electron chi connectivity index (χ3n) is 3.44. The van der Waals surface area contributed by atoms with E-state index in [9.17, 15) is 4.79 Å². The number of thiazole rings is 1. The minimum atomic E-state index is 0.102. The molecular weight excluding hydrogens is 272 g/mol. The van der Waals surface area contributed by atoms with Crippen molar-refractivity contribution >= 4 is 28.2 Å². The molecule has 1 aliphatic rings. The Labute approximate surface area is 121 Å². The van der Waals surface area contributed by atoms with Crippen LogP contribution in [0.25, 0.3) is 0 Å². The largest absolute Gasteiger partial charge is 0.334 e. The summed E-state index contributed by atoms with van der Waals surface area (Å²) in [6.45, 7) is 2.45. The monoisotopic (exact) mass is 288 g/mol. The molecule has 1 unspecified atom stereocenters. The molecule has 5 nitrogen and oxygen atoms in total. The van der Waals surface area contributed by atoms with Crippen LogP contribution in [-0.2, 0) is 4.79 Å². The van der Waals surface area contributed by atoms with Crippen LogP contribution in [0.4, 0.5) is 10.9 Å². The molecule has 0 radical (unpaired) electrons. The maximum absolute atomic E-state index is 11.6. The van der Waals surface area contributed by atoms with E-state index in [-0.39, 0.29) is 11.9 Å². The van der Waals surface area contributed by atoms with Crippen LogP contribution in [-0.4, -0.2) is 27.3 Å². The van der Waals surface area contributed by atoms with Gasteiger partial charge in [0.25, 0.3) is 0 Å². The second-order valence-corrected chi connectivity index (χ2v) is 5.67.